The van der Waals surface area contributed by atoms with Crippen LogP contribution < -0.4 is 25.4 Å². The van der Waals surface area contributed by atoms with Gasteiger partial charge in [0.1, 0.15) is 6.61 Å². The third-order valence-electron chi connectivity index (χ3n) is 5.74. The number of para-hydroxylation sites is 2. The maximum absolute atomic E-state index is 12.4. The molecule has 1 aliphatic rings. The molecule has 0 saturated carbocycles. The number of halogens is 3. The van der Waals surface area contributed by atoms with Crippen LogP contribution in [-0.4, -0.2) is 56.8 Å². The minimum absolute atomic E-state index is 0.0772. The first-order chi connectivity index (χ1) is 16.3. The van der Waals surface area contributed by atoms with E-state index in [9.17, 15) is 13.2 Å². The van der Waals surface area contributed by atoms with E-state index in [1.54, 1.807) is 18.2 Å². The van der Waals surface area contributed by atoms with Crippen LogP contribution in [0.25, 0.3) is 0 Å². The van der Waals surface area contributed by atoms with Gasteiger partial charge in [0.25, 0.3) is 0 Å². The molecule has 34 heavy (non-hydrogen) atoms. The van der Waals surface area contributed by atoms with Gasteiger partial charge < -0.3 is 30.5 Å². The molecule has 1 aliphatic heterocycles. The van der Waals surface area contributed by atoms with E-state index in [0.717, 1.165) is 37.9 Å². The molecule has 188 valence electrons. The number of nitrogens with one attached hydrogen (secondary N) is 1. The summed E-state index contributed by atoms with van der Waals surface area (Å²) in [5.41, 5.74) is 10.9. The summed E-state index contributed by atoms with van der Waals surface area (Å²) >= 11 is 0. The highest BCUT2D eigenvalue weighted by atomic mass is 19.4. The molecular weight excluding hydrogens is 447 g/mol. The second-order valence-electron chi connectivity index (χ2n) is 8.54. The maximum atomic E-state index is 12.4. The topological polar surface area (TPSA) is 80.0 Å². The van der Waals surface area contributed by atoms with E-state index >= 15 is 0 Å². The molecule has 0 radical (unpaired) electrons. The predicted molar refractivity (Wildman–Crippen MR) is 127 cm³/mol. The van der Waals surface area contributed by atoms with Crippen molar-refractivity contribution in [2.75, 3.05) is 44.4 Å². The molecule has 6 nitrogen and oxygen atoms in total. The Kier molecular flexibility index (Phi) is 9.44. The molecule has 1 heterocycles. The Balaban J connectivity index is 1.49. The fourth-order valence-electron chi connectivity index (χ4n) is 4.30. The molecule has 0 amide bonds. The fourth-order valence-corrected chi connectivity index (χ4v) is 4.30. The molecule has 3 rings (SSSR count). The highest BCUT2D eigenvalue weighted by Gasteiger charge is 2.29. The average molecular weight is 482 g/mol. The van der Waals surface area contributed by atoms with Crippen molar-refractivity contribution in [1.29, 1.82) is 0 Å². The molecular formula is C25H34F3N3O3. The van der Waals surface area contributed by atoms with Crippen molar-refractivity contribution < 1.29 is 27.8 Å². The van der Waals surface area contributed by atoms with Gasteiger partial charge in [0.15, 0.2) is 18.1 Å². The SMILES string of the molecule is C[C@H](Cc1cc(CN)c2c(c1)CCN2CCCO)NCCOc1ccccc1OCC(F)(F)F. The largest absolute Gasteiger partial charge is 0.488 e. The molecule has 0 spiro atoms. The minimum atomic E-state index is -4.40. The summed E-state index contributed by atoms with van der Waals surface area (Å²) in [5, 5.41) is 12.6. The summed E-state index contributed by atoms with van der Waals surface area (Å²) in [6.07, 6.45) is -1.86. The van der Waals surface area contributed by atoms with E-state index in [2.05, 4.69) is 29.3 Å². The van der Waals surface area contributed by atoms with Crippen LogP contribution in [0.15, 0.2) is 36.4 Å². The van der Waals surface area contributed by atoms with Crippen LogP contribution in [0.2, 0.25) is 0 Å². The number of nitrogens with two attached hydrogens (primary N) is 1. The van der Waals surface area contributed by atoms with Gasteiger partial charge in [-0.3, -0.25) is 0 Å². The standard InChI is InChI=1S/C25H34F3N3O3/c1-18(30-8-12-33-22-5-2-3-6-23(22)34-17-25(26,27)28)13-19-14-20-7-10-31(9-4-11-32)24(20)21(15-19)16-29/h2-3,5-6,14-15,18,30,32H,4,7-13,16-17,29H2,1H3/t18-/m1/s1. The zero-order chi connectivity index (χ0) is 24.6. The van der Waals surface area contributed by atoms with Gasteiger partial charge in [0.2, 0.25) is 0 Å². The van der Waals surface area contributed by atoms with Crippen LogP contribution in [0.3, 0.4) is 0 Å². The van der Waals surface area contributed by atoms with Crippen molar-refractivity contribution >= 4 is 5.69 Å². The summed E-state index contributed by atoms with van der Waals surface area (Å²) < 4.78 is 47.8. The maximum Gasteiger partial charge on any atom is 0.422 e. The molecule has 4 N–H and O–H groups in total. The second kappa shape index (κ2) is 12.3. The fraction of sp³-hybridized carbons (Fsp3) is 0.520. The van der Waals surface area contributed by atoms with Crippen molar-refractivity contribution in [3.8, 4) is 11.5 Å². The van der Waals surface area contributed by atoms with Crippen LogP contribution in [0, 0.1) is 0 Å². The molecule has 1 atom stereocenters. The number of ether oxygens (including phenoxy) is 2. The lowest BCUT2D eigenvalue weighted by molar-refractivity contribution is -0.153. The van der Waals surface area contributed by atoms with Crippen LogP contribution in [0.1, 0.15) is 30.0 Å². The Hall–Kier alpha value is -2.49. The van der Waals surface area contributed by atoms with Gasteiger partial charge in [-0.15, -0.1) is 0 Å². The number of anilines is 1. The number of hydrogen-bond donors (Lipinski definition) is 3. The van der Waals surface area contributed by atoms with Crippen molar-refractivity contribution in [3.05, 3.63) is 53.1 Å². The lowest BCUT2D eigenvalue weighted by Gasteiger charge is -2.23. The van der Waals surface area contributed by atoms with E-state index in [1.165, 1.54) is 22.9 Å². The van der Waals surface area contributed by atoms with Gasteiger partial charge in [-0.05, 0) is 55.0 Å². The number of rotatable bonds is 13. The number of hydrogen-bond acceptors (Lipinski definition) is 6. The van der Waals surface area contributed by atoms with E-state index in [-0.39, 0.29) is 24.1 Å². The summed E-state index contributed by atoms with van der Waals surface area (Å²) in [4.78, 5) is 2.31. The number of benzene rings is 2. The third-order valence-corrected chi connectivity index (χ3v) is 5.74. The molecule has 0 saturated heterocycles. The molecule has 2 aromatic carbocycles. The van der Waals surface area contributed by atoms with E-state index < -0.39 is 12.8 Å². The number of nitrogens with zero attached hydrogens (tertiary/aromatic N) is 1. The Morgan fingerprint density at radius 1 is 1.18 bits per heavy atom. The van der Waals surface area contributed by atoms with Gasteiger partial charge in [0, 0.05) is 44.5 Å². The first-order valence-corrected chi connectivity index (χ1v) is 11.7. The lowest BCUT2D eigenvalue weighted by Crippen LogP contribution is -2.32. The van der Waals surface area contributed by atoms with Crippen LogP contribution in [0.4, 0.5) is 18.9 Å². The van der Waals surface area contributed by atoms with Crippen LogP contribution >= 0.6 is 0 Å². The Labute approximate surface area is 198 Å². The third kappa shape index (κ3) is 7.51. The zero-order valence-corrected chi connectivity index (χ0v) is 19.5. The summed E-state index contributed by atoms with van der Waals surface area (Å²) in [7, 11) is 0. The monoisotopic (exact) mass is 481 g/mol. The van der Waals surface area contributed by atoms with Crippen molar-refractivity contribution in [3.63, 3.8) is 0 Å². The van der Waals surface area contributed by atoms with Gasteiger partial charge in [0.05, 0.1) is 0 Å². The number of alkyl halides is 3. The molecule has 9 heteroatoms. The van der Waals surface area contributed by atoms with E-state index in [4.69, 9.17) is 20.3 Å². The normalized spacial score (nSPS) is 14.2. The Bertz CT molecular complexity index is 924. The quantitative estimate of drug-likeness (QED) is 0.381. The number of aliphatic hydroxyl groups is 1. The highest BCUT2D eigenvalue weighted by molar-refractivity contribution is 5.64. The summed E-state index contributed by atoms with van der Waals surface area (Å²) in [6.45, 7) is 4.01. The van der Waals surface area contributed by atoms with Gasteiger partial charge >= 0.3 is 6.18 Å². The second-order valence-corrected chi connectivity index (χ2v) is 8.54. The lowest BCUT2D eigenvalue weighted by atomic mass is 9.98. The van der Waals surface area contributed by atoms with Crippen molar-refractivity contribution in [2.45, 2.75) is 44.9 Å². The van der Waals surface area contributed by atoms with Gasteiger partial charge in [-0.2, -0.15) is 13.2 Å². The Morgan fingerprint density at radius 2 is 1.91 bits per heavy atom. The van der Waals surface area contributed by atoms with Crippen LogP contribution in [0.5, 0.6) is 11.5 Å². The van der Waals surface area contributed by atoms with E-state index in [0.29, 0.717) is 19.7 Å². The van der Waals surface area contributed by atoms with Gasteiger partial charge in [-0.1, -0.05) is 24.3 Å². The predicted octanol–water partition coefficient (Wildman–Crippen LogP) is 3.43. The molecule has 0 aromatic heterocycles. The first-order valence-electron chi connectivity index (χ1n) is 11.7. The van der Waals surface area contributed by atoms with Crippen LogP contribution in [-0.2, 0) is 19.4 Å². The Morgan fingerprint density at radius 3 is 2.59 bits per heavy atom. The molecule has 0 fully saturated rings. The molecule has 0 unspecified atom stereocenters. The first kappa shape index (κ1) is 26.1. The molecule has 0 aliphatic carbocycles. The smallest absolute Gasteiger partial charge is 0.422 e. The summed E-state index contributed by atoms with van der Waals surface area (Å²) in [5.74, 6) is 0.367. The zero-order valence-electron chi connectivity index (χ0n) is 19.5. The van der Waals surface area contributed by atoms with Crippen molar-refractivity contribution in [1.82, 2.24) is 5.32 Å². The van der Waals surface area contributed by atoms with Crippen molar-refractivity contribution in [2.24, 2.45) is 5.73 Å². The van der Waals surface area contributed by atoms with Gasteiger partial charge in [-0.25, -0.2) is 0 Å². The highest BCUT2D eigenvalue weighted by Crippen LogP contribution is 2.33. The molecule has 2 aromatic rings. The minimum Gasteiger partial charge on any atom is -0.488 e. The molecule has 0 bridgehead atoms. The number of fused-ring (bicyclic) bond motifs is 1. The summed E-state index contributed by atoms with van der Waals surface area (Å²) in [6, 6.07) is 10.9. The average Bonchev–Trinajstić information content (AvgIpc) is 3.21. The number of aliphatic hydroxyl groups excluding tert-OH is 1. The van der Waals surface area contributed by atoms with E-state index in [1.807, 2.05) is 0 Å².